The van der Waals surface area contributed by atoms with E-state index in [2.05, 4.69) is 20.4 Å². The summed E-state index contributed by atoms with van der Waals surface area (Å²) in [7, 11) is 0. The molecule has 2 aliphatic rings. The van der Waals surface area contributed by atoms with Crippen LogP contribution in [0.1, 0.15) is 106 Å². The maximum atomic E-state index is 13.5. The van der Waals surface area contributed by atoms with E-state index in [9.17, 15) is 22.5 Å². The van der Waals surface area contributed by atoms with Crippen molar-refractivity contribution in [1.29, 1.82) is 0 Å². The highest BCUT2D eigenvalue weighted by Crippen LogP contribution is 2.36. The zero-order valence-corrected chi connectivity index (χ0v) is 28.6. The van der Waals surface area contributed by atoms with Crippen LogP contribution in [-0.2, 0) is 23.9 Å². The molecule has 5 N–H and O–H groups in total. The summed E-state index contributed by atoms with van der Waals surface area (Å²) in [6.07, 6.45) is 6.60. The van der Waals surface area contributed by atoms with Crippen LogP contribution >= 0.6 is 0 Å². The summed E-state index contributed by atoms with van der Waals surface area (Å²) in [5.74, 6) is 0.712. The molecule has 44 heavy (non-hydrogen) atoms. The lowest BCUT2D eigenvalue weighted by atomic mass is 9.90. The topological polar surface area (TPSA) is 142 Å². The fourth-order valence-corrected chi connectivity index (χ4v) is 5.15. The highest BCUT2D eigenvalue weighted by molar-refractivity contribution is 7.80. The molecule has 14 heteroatoms. The molecule has 2 aromatic heterocycles. The molecule has 1 saturated heterocycles. The van der Waals surface area contributed by atoms with Crippen LogP contribution in [0.5, 0.6) is 0 Å². The van der Waals surface area contributed by atoms with Crippen molar-refractivity contribution < 1.29 is 27.6 Å². The van der Waals surface area contributed by atoms with Gasteiger partial charge in [-0.1, -0.05) is 60.8 Å². The first kappa shape index (κ1) is 41.9. The van der Waals surface area contributed by atoms with E-state index in [1.165, 1.54) is 49.2 Å². The quantitative estimate of drug-likeness (QED) is 0.280. The summed E-state index contributed by atoms with van der Waals surface area (Å²) in [4.78, 5) is 7.95. The molecular weight excluding hydrogens is 595 g/mol. The van der Waals surface area contributed by atoms with Crippen LogP contribution in [0.3, 0.4) is 0 Å². The second-order valence-electron chi connectivity index (χ2n) is 10.5. The molecule has 4 rings (SSSR count). The summed E-state index contributed by atoms with van der Waals surface area (Å²) < 4.78 is 54.8. The second kappa shape index (κ2) is 21.6. The van der Waals surface area contributed by atoms with Crippen LogP contribution < -0.4 is 10.5 Å². The summed E-state index contributed by atoms with van der Waals surface area (Å²) in [6.45, 7) is 16.7. The van der Waals surface area contributed by atoms with Gasteiger partial charge in [-0.25, -0.2) is 23.6 Å². The van der Waals surface area contributed by atoms with Gasteiger partial charge in [0.15, 0.2) is 11.2 Å². The minimum Gasteiger partial charge on any atom is -0.396 e. The van der Waals surface area contributed by atoms with Gasteiger partial charge < -0.3 is 15.5 Å². The minimum atomic E-state index is -4.64. The van der Waals surface area contributed by atoms with E-state index >= 15 is 0 Å². The number of anilines is 1. The Bertz CT molecular complexity index is 1050. The van der Waals surface area contributed by atoms with Crippen molar-refractivity contribution in [2.75, 3.05) is 25.0 Å². The van der Waals surface area contributed by atoms with Gasteiger partial charge in [-0.3, -0.25) is 4.68 Å². The zero-order valence-electron chi connectivity index (χ0n) is 27.8. The SMILES string of the molecule is CC.CC.CC.CC(C)(O)Cn1cc(-c2nc(NC3CCN(S(N)=O)CC3)ncc2C(F)(F)F)cn1.OCC1CCCCC1. The Morgan fingerprint density at radius 2 is 1.57 bits per heavy atom. The monoisotopic (exact) mass is 651 g/mol. The Morgan fingerprint density at radius 1 is 1.00 bits per heavy atom. The third-order valence-electron chi connectivity index (χ3n) is 6.57. The number of piperidine rings is 1. The van der Waals surface area contributed by atoms with E-state index in [0.29, 0.717) is 38.5 Å². The average molecular weight is 652 g/mol. The van der Waals surface area contributed by atoms with E-state index < -0.39 is 28.5 Å². The number of halogens is 3. The van der Waals surface area contributed by atoms with Gasteiger partial charge in [-0.05, 0) is 45.4 Å². The lowest BCUT2D eigenvalue weighted by Crippen LogP contribution is -2.42. The van der Waals surface area contributed by atoms with Crippen molar-refractivity contribution in [2.45, 2.75) is 125 Å². The van der Waals surface area contributed by atoms with Crippen molar-refractivity contribution in [3.8, 4) is 11.3 Å². The van der Waals surface area contributed by atoms with Gasteiger partial charge in [0.25, 0.3) is 0 Å². The van der Waals surface area contributed by atoms with Gasteiger partial charge in [0.2, 0.25) is 5.95 Å². The highest BCUT2D eigenvalue weighted by atomic mass is 32.2. The van der Waals surface area contributed by atoms with E-state index in [0.717, 1.165) is 6.20 Å². The molecule has 2 aromatic rings. The Balaban J connectivity index is 0.00000111. The van der Waals surface area contributed by atoms with E-state index in [1.807, 2.05) is 41.5 Å². The lowest BCUT2D eigenvalue weighted by molar-refractivity contribution is -0.137. The van der Waals surface area contributed by atoms with Crippen molar-refractivity contribution in [1.82, 2.24) is 24.1 Å². The van der Waals surface area contributed by atoms with E-state index in [4.69, 9.17) is 10.2 Å². The van der Waals surface area contributed by atoms with Gasteiger partial charge >= 0.3 is 6.18 Å². The number of aliphatic hydroxyl groups excluding tert-OH is 1. The van der Waals surface area contributed by atoms with E-state index in [-0.39, 0.29) is 29.8 Å². The number of nitrogens with two attached hydrogens (primary N) is 1. The molecule has 3 heterocycles. The molecule has 0 spiro atoms. The second-order valence-corrected chi connectivity index (χ2v) is 11.6. The molecule has 1 aliphatic carbocycles. The minimum absolute atomic E-state index is 0.0700. The maximum absolute atomic E-state index is 13.5. The number of hydrogen-bond acceptors (Lipinski definition) is 7. The molecular formula is C30H56F3N7O3S. The Labute approximate surface area is 264 Å². The number of aliphatic hydroxyl groups is 2. The van der Waals surface area contributed by atoms with Gasteiger partial charge in [0.05, 0.1) is 24.0 Å². The summed E-state index contributed by atoms with van der Waals surface area (Å²) in [6, 6.07) is -0.0766. The molecule has 2 fully saturated rings. The lowest BCUT2D eigenvalue weighted by Gasteiger charge is -2.30. The van der Waals surface area contributed by atoms with Crippen LogP contribution in [-0.4, -0.2) is 69.8 Å². The molecule has 10 nitrogen and oxygen atoms in total. The first-order valence-corrected chi connectivity index (χ1v) is 17.0. The summed E-state index contributed by atoms with van der Waals surface area (Å²) in [5.41, 5.74) is -2.16. The van der Waals surface area contributed by atoms with Crippen LogP contribution in [0.15, 0.2) is 18.6 Å². The van der Waals surface area contributed by atoms with Gasteiger partial charge in [0.1, 0.15) is 5.56 Å². The standard InChI is InChI=1S/C17H24F3N7O2S.C7H14O.3C2H6/c1-16(2,28)10-26-9-11(7-23-26)14-13(17(18,19)20)8-22-15(25-14)24-12-3-5-27(6-4-12)30(21)29;8-6-7-4-2-1-3-5-7;3*1-2/h7-9,12,28H,3-6,10,21H2,1-2H3,(H,22,24,25);7-8H,1-6H2;3*1-2H3. The van der Waals surface area contributed by atoms with Gasteiger partial charge in [0, 0.05) is 43.7 Å². The fraction of sp³-hybridized carbons (Fsp3) is 0.767. The summed E-state index contributed by atoms with van der Waals surface area (Å²) in [5, 5.41) is 31.1. The predicted octanol–water partition coefficient (Wildman–Crippen LogP) is 6.18. The normalized spacial score (nSPS) is 16.9. The van der Waals surface area contributed by atoms with Crippen molar-refractivity contribution in [2.24, 2.45) is 11.1 Å². The van der Waals surface area contributed by atoms with Crippen molar-refractivity contribution in [3.63, 3.8) is 0 Å². The molecule has 1 saturated carbocycles. The number of hydrogen-bond donors (Lipinski definition) is 4. The van der Waals surface area contributed by atoms with E-state index in [1.54, 1.807) is 18.2 Å². The number of alkyl halides is 3. The first-order valence-electron chi connectivity index (χ1n) is 15.8. The Hall–Kier alpha value is -2.13. The van der Waals surface area contributed by atoms with Crippen LogP contribution in [0.25, 0.3) is 11.3 Å². The molecule has 0 radical (unpaired) electrons. The zero-order chi connectivity index (χ0) is 33.9. The Kier molecular flexibility index (Phi) is 20.5. The van der Waals surface area contributed by atoms with Crippen molar-refractivity contribution in [3.05, 3.63) is 24.2 Å². The molecule has 1 atom stereocenters. The molecule has 1 aliphatic heterocycles. The molecule has 0 aromatic carbocycles. The maximum Gasteiger partial charge on any atom is 0.419 e. The van der Waals surface area contributed by atoms with Gasteiger partial charge in [-0.2, -0.15) is 18.3 Å². The first-order chi connectivity index (χ1) is 20.9. The number of rotatable bonds is 7. The highest BCUT2D eigenvalue weighted by Gasteiger charge is 2.36. The third kappa shape index (κ3) is 15.2. The van der Waals surface area contributed by atoms with Crippen molar-refractivity contribution >= 4 is 17.1 Å². The average Bonchev–Trinajstić information content (AvgIpc) is 3.47. The van der Waals surface area contributed by atoms with Crippen LogP contribution in [0.4, 0.5) is 19.1 Å². The number of nitrogens with zero attached hydrogens (tertiary/aromatic N) is 5. The molecule has 0 bridgehead atoms. The predicted molar refractivity (Wildman–Crippen MR) is 173 cm³/mol. The Morgan fingerprint density at radius 3 is 2.02 bits per heavy atom. The molecule has 256 valence electrons. The fourth-order valence-electron chi connectivity index (χ4n) is 4.58. The largest absolute Gasteiger partial charge is 0.419 e. The molecule has 1 unspecified atom stereocenters. The number of nitrogens with one attached hydrogen (secondary N) is 1. The number of aromatic nitrogens is 4. The molecule has 0 amide bonds. The van der Waals surface area contributed by atoms with Crippen LogP contribution in [0.2, 0.25) is 0 Å². The van der Waals surface area contributed by atoms with Crippen LogP contribution in [0, 0.1) is 5.92 Å². The third-order valence-corrected chi connectivity index (χ3v) is 7.45. The van der Waals surface area contributed by atoms with Gasteiger partial charge in [-0.15, -0.1) is 0 Å². The smallest absolute Gasteiger partial charge is 0.396 e. The summed E-state index contributed by atoms with van der Waals surface area (Å²) >= 11 is -1.54.